The van der Waals surface area contributed by atoms with Crippen LogP contribution >= 0.6 is 15.9 Å². The molecule has 3 aromatic rings. The summed E-state index contributed by atoms with van der Waals surface area (Å²) in [4.78, 5) is 39.9. The highest BCUT2D eigenvalue weighted by Crippen LogP contribution is 2.22. The Bertz CT molecular complexity index is 1210. The summed E-state index contributed by atoms with van der Waals surface area (Å²) in [7, 11) is 0. The SMILES string of the molecule is CC(C)(C)NC(=O)C(Cc1ccccc1)N(Cc1ccc(Br)cc1)C(=O)Cc1ccccc1[N+](=O)[O-]. The average molecular weight is 552 g/mol. The third-order valence-electron chi connectivity index (χ3n) is 5.57. The molecule has 0 aliphatic heterocycles. The summed E-state index contributed by atoms with van der Waals surface area (Å²) in [5.74, 6) is -0.642. The number of hydrogen-bond donors (Lipinski definition) is 1. The molecule has 0 aliphatic carbocycles. The molecular formula is C28H30BrN3O4. The molecular weight excluding hydrogens is 522 g/mol. The molecule has 3 rings (SSSR count). The van der Waals surface area contributed by atoms with E-state index in [1.54, 1.807) is 18.2 Å². The van der Waals surface area contributed by atoms with E-state index < -0.39 is 16.5 Å². The fourth-order valence-corrected chi connectivity index (χ4v) is 4.16. The first-order valence-corrected chi connectivity index (χ1v) is 12.4. The van der Waals surface area contributed by atoms with E-state index in [4.69, 9.17) is 0 Å². The molecule has 0 saturated carbocycles. The van der Waals surface area contributed by atoms with Gasteiger partial charge in [0.15, 0.2) is 0 Å². The third-order valence-corrected chi connectivity index (χ3v) is 6.09. The Labute approximate surface area is 219 Å². The average Bonchev–Trinajstić information content (AvgIpc) is 2.82. The molecule has 0 radical (unpaired) electrons. The van der Waals surface area contributed by atoms with Gasteiger partial charge < -0.3 is 10.2 Å². The molecule has 36 heavy (non-hydrogen) atoms. The maximum Gasteiger partial charge on any atom is 0.273 e. The first-order chi connectivity index (χ1) is 17.0. The number of halogens is 1. The molecule has 1 unspecified atom stereocenters. The largest absolute Gasteiger partial charge is 0.350 e. The van der Waals surface area contributed by atoms with Crippen LogP contribution in [0.5, 0.6) is 0 Å². The summed E-state index contributed by atoms with van der Waals surface area (Å²) in [6.07, 6.45) is 0.115. The minimum Gasteiger partial charge on any atom is -0.350 e. The Morgan fingerprint density at radius 2 is 1.56 bits per heavy atom. The Morgan fingerprint density at radius 1 is 0.944 bits per heavy atom. The number of nitrogens with one attached hydrogen (secondary N) is 1. The van der Waals surface area contributed by atoms with Crippen LogP contribution in [0.25, 0.3) is 0 Å². The predicted molar refractivity (Wildman–Crippen MR) is 143 cm³/mol. The highest BCUT2D eigenvalue weighted by atomic mass is 79.9. The van der Waals surface area contributed by atoms with Gasteiger partial charge >= 0.3 is 0 Å². The van der Waals surface area contributed by atoms with Crippen LogP contribution in [0.3, 0.4) is 0 Å². The van der Waals surface area contributed by atoms with Crippen molar-refractivity contribution in [1.82, 2.24) is 10.2 Å². The van der Waals surface area contributed by atoms with Crippen LogP contribution in [0, 0.1) is 10.1 Å². The number of amides is 2. The van der Waals surface area contributed by atoms with Crippen molar-refractivity contribution in [2.75, 3.05) is 0 Å². The van der Waals surface area contributed by atoms with Crippen LogP contribution in [-0.4, -0.2) is 33.2 Å². The van der Waals surface area contributed by atoms with E-state index in [9.17, 15) is 19.7 Å². The zero-order valence-corrected chi connectivity index (χ0v) is 22.2. The lowest BCUT2D eigenvalue weighted by Gasteiger charge is -2.34. The van der Waals surface area contributed by atoms with Gasteiger partial charge in [0.05, 0.1) is 11.3 Å². The van der Waals surface area contributed by atoms with Gasteiger partial charge in [0.25, 0.3) is 5.69 Å². The van der Waals surface area contributed by atoms with Crippen molar-refractivity contribution in [3.05, 3.63) is 110 Å². The van der Waals surface area contributed by atoms with Crippen molar-refractivity contribution in [3.8, 4) is 0 Å². The van der Waals surface area contributed by atoms with Crippen LogP contribution in [-0.2, 0) is 29.0 Å². The minimum atomic E-state index is -0.814. The van der Waals surface area contributed by atoms with Crippen molar-refractivity contribution >= 4 is 33.4 Å². The molecule has 3 aromatic carbocycles. The van der Waals surface area contributed by atoms with Gasteiger partial charge in [-0.15, -0.1) is 0 Å². The van der Waals surface area contributed by atoms with Crippen LogP contribution in [0.15, 0.2) is 83.3 Å². The lowest BCUT2D eigenvalue weighted by Crippen LogP contribution is -2.54. The first kappa shape index (κ1) is 27.1. The first-order valence-electron chi connectivity index (χ1n) is 11.7. The van der Waals surface area contributed by atoms with E-state index >= 15 is 0 Å². The Morgan fingerprint density at radius 3 is 2.17 bits per heavy atom. The maximum atomic E-state index is 13.8. The van der Waals surface area contributed by atoms with Gasteiger partial charge in [-0.25, -0.2) is 0 Å². The Hall–Kier alpha value is -3.52. The third kappa shape index (κ3) is 7.75. The number of para-hydroxylation sites is 1. The zero-order valence-electron chi connectivity index (χ0n) is 20.6. The number of nitro groups is 1. The van der Waals surface area contributed by atoms with E-state index in [2.05, 4.69) is 21.2 Å². The number of rotatable bonds is 9. The summed E-state index contributed by atoms with van der Waals surface area (Å²) in [6.45, 7) is 5.85. The van der Waals surface area contributed by atoms with Gasteiger partial charge in [-0.3, -0.25) is 19.7 Å². The number of carbonyl (C=O) groups is 2. The van der Waals surface area contributed by atoms with Gasteiger partial charge in [-0.05, 0) is 44.0 Å². The highest BCUT2D eigenvalue weighted by Gasteiger charge is 2.33. The van der Waals surface area contributed by atoms with Gasteiger partial charge in [0.1, 0.15) is 6.04 Å². The summed E-state index contributed by atoms with van der Waals surface area (Å²) in [6, 6.07) is 22.4. The molecule has 0 fully saturated rings. The summed E-state index contributed by atoms with van der Waals surface area (Å²) in [5, 5.41) is 14.6. The molecule has 188 valence electrons. The van der Waals surface area contributed by atoms with E-state index in [1.807, 2.05) is 75.4 Å². The lowest BCUT2D eigenvalue weighted by molar-refractivity contribution is -0.385. The van der Waals surface area contributed by atoms with Crippen LogP contribution in [0.1, 0.15) is 37.5 Å². The fraction of sp³-hybridized carbons (Fsp3) is 0.286. The second-order valence-corrected chi connectivity index (χ2v) is 10.6. The molecule has 0 bridgehead atoms. The molecule has 1 atom stereocenters. The van der Waals surface area contributed by atoms with E-state index in [1.165, 1.54) is 11.0 Å². The monoisotopic (exact) mass is 551 g/mol. The molecule has 7 nitrogen and oxygen atoms in total. The normalized spacial score (nSPS) is 12.0. The molecule has 2 amide bonds. The number of hydrogen-bond acceptors (Lipinski definition) is 4. The Balaban J connectivity index is 2.02. The molecule has 0 aromatic heterocycles. The Kier molecular flexibility index (Phi) is 8.98. The van der Waals surface area contributed by atoms with Crippen molar-refractivity contribution in [2.45, 2.75) is 51.7 Å². The zero-order chi connectivity index (χ0) is 26.3. The van der Waals surface area contributed by atoms with Crippen molar-refractivity contribution in [2.24, 2.45) is 0 Å². The molecule has 1 N–H and O–H groups in total. The molecule has 0 aliphatic rings. The molecule has 8 heteroatoms. The number of benzene rings is 3. The number of nitrogens with zero attached hydrogens (tertiary/aromatic N) is 2. The van der Waals surface area contributed by atoms with Gasteiger partial charge in [0, 0.05) is 34.6 Å². The predicted octanol–water partition coefficient (Wildman–Crippen LogP) is 5.45. The van der Waals surface area contributed by atoms with Crippen LogP contribution < -0.4 is 5.32 Å². The van der Waals surface area contributed by atoms with Gasteiger partial charge in [0.2, 0.25) is 11.8 Å². The maximum absolute atomic E-state index is 13.8. The lowest BCUT2D eigenvalue weighted by atomic mass is 9.99. The smallest absolute Gasteiger partial charge is 0.273 e. The molecule has 0 spiro atoms. The van der Waals surface area contributed by atoms with Gasteiger partial charge in [-0.2, -0.15) is 0 Å². The summed E-state index contributed by atoms with van der Waals surface area (Å²) >= 11 is 3.43. The van der Waals surface area contributed by atoms with Crippen molar-refractivity contribution in [1.29, 1.82) is 0 Å². The standard InChI is InChI=1S/C28H30BrN3O4/c1-28(2,3)30-27(34)25(17-20-9-5-4-6-10-20)31(19-21-13-15-23(29)16-14-21)26(33)18-22-11-7-8-12-24(22)32(35)36/h4-16,25H,17-19H2,1-3H3,(H,30,34). The van der Waals surface area contributed by atoms with Gasteiger partial charge in [-0.1, -0.05) is 76.6 Å². The molecule has 0 heterocycles. The van der Waals surface area contributed by atoms with Crippen LogP contribution in [0.4, 0.5) is 5.69 Å². The quantitative estimate of drug-likeness (QED) is 0.282. The topological polar surface area (TPSA) is 92.6 Å². The van der Waals surface area contributed by atoms with Crippen molar-refractivity contribution in [3.63, 3.8) is 0 Å². The number of nitro benzene ring substituents is 1. The van der Waals surface area contributed by atoms with Crippen LogP contribution in [0.2, 0.25) is 0 Å². The number of carbonyl (C=O) groups excluding carboxylic acids is 2. The van der Waals surface area contributed by atoms with E-state index in [0.717, 1.165) is 15.6 Å². The highest BCUT2D eigenvalue weighted by molar-refractivity contribution is 9.10. The van der Waals surface area contributed by atoms with E-state index in [0.29, 0.717) is 12.0 Å². The summed E-state index contributed by atoms with van der Waals surface area (Å²) in [5.41, 5.74) is 1.44. The minimum absolute atomic E-state index is 0.117. The second kappa shape index (κ2) is 11.9. The second-order valence-electron chi connectivity index (χ2n) is 9.66. The van der Waals surface area contributed by atoms with E-state index in [-0.39, 0.29) is 30.5 Å². The van der Waals surface area contributed by atoms with Crippen molar-refractivity contribution < 1.29 is 14.5 Å². The fourth-order valence-electron chi connectivity index (χ4n) is 3.90. The molecule has 0 saturated heterocycles. The summed E-state index contributed by atoms with van der Waals surface area (Å²) < 4.78 is 0.898.